The van der Waals surface area contributed by atoms with Crippen LogP contribution in [0.2, 0.25) is 0 Å². The van der Waals surface area contributed by atoms with E-state index in [1.54, 1.807) is 0 Å². The van der Waals surface area contributed by atoms with Gasteiger partial charge >= 0.3 is 0 Å². The van der Waals surface area contributed by atoms with Crippen LogP contribution in [-0.2, 0) is 0 Å². The van der Waals surface area contributed by atoms with Gasteiger partial charge < -0.3 is 0 Å². The number of rotatable bonds is 0. The summed E-state index contributed by atoms with van der Waals surface area (Å²) in [4.78, 5) is 0. The van der Waals surface area contributed by atoms with Crippen molar-refractivity contribution in [2.75, 3.05) is 0 Å². The van der Waals surface area contributed by atoms with Gasteiger partial charge in [-0.2, -0.15) is 10.5 Å². The van der Waals surface area contributed by atoms with Crippen LogP contribution in [0.1, 0.15) is 0 Å². The zero-order chi connectivity index (χ0) is 5.70. The Morgan fingerprint density at radius 1 is 1.29 bits per heavy atom. The predicted octanol–water partition coefficient (Wildman–Crippen LogP) is 0.241. The van der Waals surface area contributed by atoms with Crippen molar-refractivity contribution in [3.63, 3.8) is 0 Å². The molecule has 0 aromatic rings. The third-order valence-electron chi connectivity index (χ3n) is 0.368. The normalized spacial score (nSPS) is 6.00. The van der Waals surface area contributed by atoms with Gasteiger partial charge in [0.1, 0.15) is 12.1 Å². The summed E-state index contributed by atoms with van der Waals surface area (Å²) in [6.07, 6.45) is 4.66. The molecule has 0 saturated carbocycles. The maximum Gasteiger partial charge on any atom is 0.245 e. The van der Waals surface area contributed by atoms with Crippen LogP contribution < -0.4 is 0 Å². The van der Waals surface area contributed by atoms with Gasteiger partial charge in [0.25, 0.3) is 0 Å². The van der Waals surface area contributed by atoms with Crippen molar-refractivity contribution in [3.05, 3.63) is 5.92 Å². The monoisotopic (exact) mass is 89.0 g/mol. The second-order valence-electron chi connectivity index (χ2n) is 0.743. The van der Waals surface area contributed by atoms with Crippen molar-refractivity contribution in [1.29, 1.82) is 10.5 Å². The van der Waals surface area contributed by atoms with Gasteiger partial charge in [0.05, 0.1) is 0 Å². The van der Waals surface area contributed by atoms with Gasteiger partial charge in [-0.1, -0.05) is 5.92 Å². The second-order valence-corrected chi connectivity index (χ2v) is 0.743. The molecule has 0 N–H and O–H groups in total. The second kappa shape index (κ2) is 2.76. The van der Waals surface area contributed by atoms with Crippen molar-refractivity contribution >= 4 is 0 Å². The standard InChI is InChI=1S/C5HN2/c1-2-5(3-6)4-7/h1H. The van der Waals surface area contributed by atoms with Crippen molar-refractivity contribution in [2.24, 2.45) is 0 Å². The van der Waals surface area contributed by atoms with Crippen molar-refractivity contribution in [3.8, 4) is 24.5 Å². The van der Waals surface area contributed by atoms with E-state index in [0.29, 0.717) is 0 Å². The van der Waals surface area contributed by atoms with E-state index in [1.165, 1.54) is 12.1 Å². The summed E-state index contributed by atoms with van der Waals surface area (Å²) in [6.45, 7) is 0. The molecule has 0 spiro atoms. The highest BCUT2D eigenvalue weighted by molar-refractivity contribution is 5.41. The lowest BCUT2D eigenvalue weighted by Gasteiger charge is -1.71. The van der Waals surface area contributed by atoms with E-state index in [2.05, 4.69) is 6.42 Å². The molecule has 0 aromatic heterocycles. The third kappa shape index (κ3) is 1.42. The van der Waals surface area contributed by atoms with Crippen LogP contribution >= 0.6 is 0 Å². The van der Waals surface area contributed by atoms with Gasteiger partial charge in [-0.25, -0.2) is 0 Å². The Hall–Kier alpha value is -1.46. The Morgan fingerprint density at radius 3 is 1.71 bits per heavy atom. The molecule has 1 radical (unpaired) electrons. The fourth-order valence-corrected chi connectivity index (χ4v) is 0.0895. The fourth-order valence-electron chi connectivity index (χ4n) is 0.0895. The molecule has 0 aliphatic heterocycles. The van der Waals surface area contributed by atoms with Gasteiger partial charge in [-0.05, 0) is 0 Å². The highest BCUT2D eigenvalue weighted by atomic mass is 14.3. The Labute approximate surface area is 42.0 Å². The SMILES string of the molecule is C#C[C](C#N)C#N. The number of hydrogen-bond donors (Lipinski definition) is 0. The molecule has 0 aliphatic carbocycles. The molecule has 0 bridgehead atoms. The molecule has 0 heterocycles. The maximum atomic E-state index is 7.87. The van der Waals surface area contributed by atoms with E-state index >= 15 is 0 Å². The van der Waals surface area contributed by atoms with Crippen molar-refractivity contribution < 1.29 is 0 Å². The Balaban J connectivity index is 3.82. The minimum absolute atomic E-state index is 0.181. The molecule has 0 fully saturated rings. The molecule has 7 heavy (non-hydrogen) atoms. The van der Waals surface area contributed by atoms with E-state index in [1.807, 2.05) is 5.92 Å². The summed E-state index contributed by atoms with van der Waals surface area (Å²) in [6, 6.07) is 3.04. The van der Waals surface area contributed by atoms with E-state index in [0.717, 1.165) is 0 Å². The molecule has 0 aliphatic rings. The number of hydrogen-bond acceptors (Lipinski definition) is 2. The van der Waals surface area contributed by atoms with Gasteiger partial charge in [0.15, 0.2) is 0 Å². The van der Waals surface area contributed by atoms with E-state index < -0.39 is 0 Å². The topological polar surface area (TPSA) is 47.6 Å². The van der Waals surface area contributed by atoms with E-state index in [9.17, 15) is 0 Å². The average molecular weight is 89.1 g/mol. The molecule has 0 rings (SSSR count). The predicted molar refractivity (Wildman–Crippen MR) is 23.3 cm³/mol. The summed E-state index contributed by atoms with van der Waals surface area (Å²) >= 11 is 0. The summed E-state index contributed by atoms with van der Waals surface area (Å²) in [5.41, 5.74) is 0. The Bertz CT molecular complexity index is 129. The molecule has 0 saturated heterocycles. The van der Waals surface area contributed by atoms with E-state index in [-0.39, 0.29) is 5.92 Å². The first-order valence-corrected chi connectivity index (χ1v) is 1.49. The van der Waals surface area contributed by atoms with Crippen LogP contribution in [0.5, 0.6) is 0 Å². The highest BCUT2D eigenvalue weighted by Gasteiger charge is 1.96. The summed E-state index contributed by atoms with van der Waals surface area (Å²) in [5.74, 6) is 1.72. The van der Waals surface area contributed by atoms with Gasteiger partial charge in [0.2, 0.25) is 5.92 Å². The summed E-state index contributed by atoms with van der Waals surface area (Å²) in [7, 11) is 0. The lowest BCUT2D eigenvalue weighted by molar-refractivity contribution is 1.41. The summed E-state index contributed by atoms with van der Waals surface area (Å²) < 4.78 is 0. The molecule has 31 valence electrons. The lowest BCUT2D eigenvalue weighted by atomic mass is 10.2. The highest BCUT2D eigenvalue weighted by Crippen LogP contribution is 1.87. The first-order chi connectivity index (χ1) is 3.35. The average Bonchev–Trinajstić information content (AvgIpc) is 1.72. The molecule has 0 atom stereocenters. The number of nitriles is 2. The number of terminal acetylenes is 1. The minimum atomic E-state index is -0.181. The van der Waals surface area contributed by atoms with Gasteiger partial charge in [-0.15, -0.1) is 6.42 Å². The van der Waals surface area contributed by atoms with Crippen molar-refractivity contribution in [1.82, 2.24) is 0 Å². The van der Waals surface area contributed by atoms with Crippen LogP contribution in [0.15, 0.2) is 0 Å². The summed E-state index contributed by atoms with van der Waals surface area (Å²) in [5, 5.41) is 15.7. The molecule has 0 aromatic carbocycles. The zero-order valence-electron chi connectivity index (χ0n) is 3.47. The molecule has 0 unspecified atom stereocenters. The van der Waals surface area contributed by atoms with Gasteiger partial charge in [0, 0.05) is 0 Å². The van der Waals surface area contributed by atoms with Crippen LogP contribution in [0.4, 0.5) is 0 Å². The molecular formula is C5HN2. The minimum Gasteiger partial charge on any atom is -0.195 e. The Morgan fingerprint density at radius 2 is 1.71 bits per heavy atom. The number of nitrogens with zero attached hydrogens (tertiary/aromatic N) is 2. The first-order valence-electron chi connectivity index (χ1n) is 1.49. The molecular weight excluding hydrogens is 88.1 g/mol. The maximum absolute atomic E-state index is 7.87. The lowest BCUT2D eigenvalue weighted by Crippen LogP contribution is -1.79. The van der Waals surface area contributed by atoms with Crippen LogP contribution in [0.3, 0.4) is 0 Å². The van der Waals surface area contributed by atoms with Gasteiger partial charge in [-0.3, -0.25) is 0 Å². The van der Waals surface area contributed by atoms with Crippen LogP contribution in [0, 0.1) is 40.9 Å². The zero-order valence-corrected chi connectivity index (χ0v) is 3.47. The Kier molecular flexibility index (Phi) is 2.18. The quantitative estimate of drug-likeness (QED) is 0.399. The smallest absolute Gasteiger partial charge is 0.195 e. The third-order valence-corrected chi connectivity index (χ3v) is 0.368. The van der Waals surface area contributed by atoms with Crippen LogP contribution in [-0.4, -0.2) is 0 Å². The fraction of sp³-hybridized carbons (Fsp3) is 0. The molecule has 2 heteroatoms. The molecule has 2 nitrogen and oxygen atoms in total. The van der Waals surface area contributed by atoms with E-state index in [4.69, 9.17) is 10.5 Å². The first kappa shape index (κ1) is 5.54. The van der Waals surface area contributed by atoms with Crippen LogP contribution in [0.25, 0.3) is 0 Å². The van der Waals surface area contributed by atoms with Crippen molar-refractivity contribution in [2.45, 2.75) is 0 Å². The largest absolute Gasteiger partial charge is 0.245 e. The molecule has 0 amide bonds.